The molecule has 1 N–H and O–H groups in total. The number of aryl methyl sites for hydroxylation is 1. The molecule has 1 aromatic carbocycles. The van der Waals surface area contributed by atoms with Crippen LogP contribution in [0.5, 0.6) is 0 Å². The average molecular weight is 317 g/mol. The Bertz CT molecular complexity index is 795. The van der Waals surface area contributed by atoms with Gasteiger partial charge in [-0.15, -0.1) is 5.10 Å². The van der Waals surface area contributed by atoms with E-state index in [0.717, 1.165) is 5.56 Å². The molecule has 22 heavy (non-hydrogen) atoms. The smallest absolute Gasteiger partial charge is 0.280 e. The Labute approximate surface area is 131 Å². The van der Waals surface area contributed by atoms with Gasteiger partial charge in [-0.3, -0.25) is 14.8 Å². The van der Waals surface area contributed by atoms with Crippen molar-refractivity contribution >= 4 is 23.5 Å². The van der Waals surface area contributed by atoms with Crippen LogP contribution in [0.15, 0.2) is 42.9 Å². The Morgan fingerprint density at radius 1 is 1.27 bits per heavy atom. The number of carbonyl (C=O) groups excluding carboxylic acids is 1. The summed E-state index contributed by atoms with van der Waals surface area (Å²) >= 11 is 5.93. The lowest BCUT2D eigenvalue weighted by Crippen LogP contribution is -2.15. The van der Waals surface area contributed by atoms with Crippen molar-refractivity contribution in [1.82, 2.24) is 24.5 Å². The summed E-state index contributed by atoms with van der Waals surface area (Å²) < 4.78 is 3.11. The quantitative estimate of drug-likeness (QED) is 0.798. The van der Waals surface area contributed by atoms with E-state index in [-0.39, 0.29) is 16.7 Å². The second-order valence-corrected chi connectivity index (χ2v) is 5.11. The van der Waals surface area contributed by atoms with Crippen LogP contribution in [0.3, 0.4) is 0 Å². The Hall–Kier alpha value is -2.67. The molecular formula is C14H13ClN6O. The highest BCUT2D eigenvalue weighted by atomic mass is 35.5. The highest BCUT2D eigenvalue weighted by Crippen LogP contribution is 2.14. The van der Waals surface area contributed by atoms with Gasteiger partial charge >= 0.3 is 0 Å². The zero-order valence-corrected chi connectivity index (χ0v) is 12.5. The third kappa shape index (κ3) is 3.15. The molecule has 7 nitrogen and oxygen atoms in total. The van der Waals surface area contributed by atoms with Gasteiger partial charge in [0.05, 0.1) is 11.6 Å². The van der Waals surface area contributed by atoms with Gasteiger partial charge in [-0.25, -0.2) is 9.67 Å². The van der Waals surface area contributed by atoms with E-state index < -0.39 is 5.91 Å². The molecule has 0 saturated carbocycles. The Morgan fingerprint density at radius 2 is 2.05 bits per heavy atom. The van der Waals surface area contributed by atoms with Crippen molar-refractivity contribution in [3.8, 4) is 0 Å². The largest absolute Gasteiger partial charge is 0.288 e. The SMILES string of the molecule is Cn1cc(Cl)c(C(=O)Nc2ncn(Cc3ccccc3)n2)n1. The number of aromatic nitrogens is 5. The fourth-order valence-electron chi connectivity index (χ4n) is 1.97. The highest BCUT2D eigenvalue weighted by Gasteiger charge is 2.16. The van der Waals surface area contributed by atoms with Crippen LogP contribution >= 0.6 is 11.6 Å². The van der Waals surface area contributed by atoms with Crippen molar-refractivity contribution in [3.63, 3.8) is 0 Å². The third-order valence-electron chi connectivity index (χ3n) is 2.95. The fourth-order valence-corrected chi connectivity index (χ4v) is 2.24. The number of nitrogens with one attached hydrogen (secondary N) is 1. The Morgan fingerprint density at radius 3 is 2.73 bits per heavy atom. The summed E-state index contributed by atoms with van der Waals surface area (Å²) in [5.74, 6) is -0.231. The van der Waals surface area contributed by atoms with E-state index in [4.69, 9.17) is 11.6 Å². The van der Waals surface area contributed by atoms with Crippen LogP contribution in [-0.2, 0) is 13.6 Å². The first-order chi connectivity index (χ1) is 10.6. The first kappa shape index (κ1) is 14.3. The summed E-state index contributed by atoms with van der Waals surface area (Å²) in [5, 5.41) is 11.1. The molecule has 3 aromatic rings. The summed E-state index contributed by atoms with van der Waals surface area (Å²) in [5.41, 5.74) is 1.24. The lowest BCUT2D eigenvalue weighted by Gasteiger charge is -2.00. The van der Waals surface area contributed by atoms with Crippen LogP contribution in [0.25, 0.3) is 0 Å². The van der Waals surface area contributed by atoms with Crippen molar-refractivity contribution < 1.29 is 4.79 Å². The van der Waals surface area contributed by atoms with Gasteiger partial charge in [0, 0.05) is 13.2 Å². The number of hydrogen-bond acceptors (Lipinski definition) is 4. The maximum atomic E-state index is 12.1. The molecule has 0 aliphatic heterocycles. The summed E-state index contributed by atoms with van der Waals surface area (Å²) in [7, 11) is 1.69. The normalized spacial score (nSPS) is 10.6. The van der Waals surface area contributed by atoms with Gasteiger partial charge in [-0.2, -0.15) is 5.10 Å². The molecule has 0 aliphatic rings. The Balaban J connectivity index is 1.69. The number of anilines is 1. The van der Waals surface area contributed by atoms with Gasteiger partial charge in [0.1, 0.15) is 6.33 Å². The van der Waals surface area contributed by atoms with Crippen LogP contribution in [0.2, 0.25) is 5.02 Å². The van der Waals surface area contributed by atoms with E-state index >= 15 is 0 Å². The molecule has 8 heteroatoms. The van der Waals surface area contributed by atoms with Gasteiger partial charge in [-0.05, 0) is 5.56 Å². The van der Waals surface area contributed by atoms with Crippen molar-refractivity contribution in [1.29, 1.82) is 0 Å². The zero-order chi connectivity index (χ0) is 15.5. The van der Waals surface area contributed by atoms with Crippen molar-refractivity contribution in [2.75, 3.05) is 5.32 Å². The molecule has 0 atom stereocenters. The topological polar surface area (TPSA) is 77.6 Å². The molecule has 0 spiro atoms. The molecule has 0 radical (unpaired) electrons. The number of benzene rings is 1. The van der Waals surface area contributed by atoms with E-state index in [9.17, 15) is 4.79 Å². The summed E-state index contributed by atoms with van der Waals surface area (Å²) in [6, 6.07) is 9.85. The number of halogens is 1. The van der Waals surface area contributed by atoms with Gasteiger partial charge in [0.25, 0.3) is 5.91 Å². The number of hydrogen-bond donors (Lipinski definition) is 1. The predicted molar refractivity (Wildman–Crippen MR) is 81.7 cm³/mol. The molecule has 2 heterocycles. The van der Waals surface area contributed by atoms with E-state index in [1.807, 2.05) is 30.3 Å². The van der Waals surface area contributed by atoms with E-state index in [0.29, 0.717) is 6.54 Å². The third-order valence-corrected chi connectivity index (χ3v) is 3.23. The van der Waals surface area contributed by atoms with E-state index in [1.54, 1.807) is 24.3 Å². The molecule has 0 bridgehead atoms. The Kier molecular flexibility index (Phi) is 3.88. The molecule has 0 aliphatic carbocycles. The predicted octanol–water partition coefficient (Wildman–Crippen LogP) is 1.97. The summed E-state index contributed by atoms with van der Waals surface area (Å²) in [6.45, 7) is 0.577. The van der Waals surface area contributed by atoms with Crippen LogP contribution in [-0.4, -0.2) is 30.5 Å². The highest BCUT2D eigenvalue weighted by molar-refractivity contribution is 6.34. The maximum absolute atomic E-state index is 12.1. The van der Waals surface area contributed by atoms with Crippen LogP contribution < -0.4 is 5.32 Å². The molecule has 2 aromatic heterocycles. The van der Waals surface area contributed by atoms with Crippen LogP contribution in [0.4, 0.5) is 5.95 Å². The molecule has 0 fully saturated rings. The molecular weight excluding hydrogens is 304 g/mol. The second-order valence-electron chi connectivity index (χ2n) is 4.70. The van der Waals surface area contributed by atoms with Crippen molar-refractivity contribution in [3.05, 3.63) is 59.1 Å². The summed E-state index contributed by atoms with van der Waals surface area (Å²) in [4.78, 5) is 16.1. The summed E-state index contributed by atoms with van der Waals surface area (Å²) in [6.07, 6.45) is 3.11. The van der Waals surface area contributed by atoms with Gasteiger partial charge in [-0.1, -0.05) is 41.9 Å². The van der Waals surface area contributed by atoms with Crippen molar-refractivity contribution in [2.24, 2.45) is 7.05 Å². The number of rotatable bonds is 4. The first-order valence-corrected chi connectivity index (χ1v) is 6.93. The van der Waals surface area contributed by atoms with Crippen LogP contribution in [0.1, 0.15) is 16.1 Å². The standard InChI is InChI=1S/C14H13ClN6O/c1-20-8-11(15)12(18-20)13(22)17-14-16-9-21(19-14)7-10-5-3-2-4-6-10/h2-6,8-9H,7H2,1H3,(H,17,19,22). The number of amides is 1. The van der Waals surface area contributed by atoms with E-state index in [1.165, 1.54) is 4.68 Å². The second kappa shape index (κ2) is 5.98. The molecule has 0 saturated heterocycles. The lowest BCUT2D eigenvalue weighted by atomic mass is 10.2. The van der Waals surface area contributed by atoms with Gasteiger partial charge in [0.2, 0.25) is 5.95 Å². The minimum atomic E-state index is -0.442. The molecule has 1 amide bonds. The van der Waals surface area contributed by atoms with Gasteiger partial charge < -0.3 is 0 Å². The zero-order valence-electron chi connectivity index (χ0n) is 11.8. The van der Waals surface area contributed by atoms with Crippen LogP contribution in [0, 0.1) is 0 Å². The van der Waals surface area contributed by atoms with E-state index in [2.05, 4.69) is 20.5 Å². The maximum Gasteiger partial charge on any atom is 0.280 e. The minimum absolute atomic E-state index is 0.142. The fraction of sp³-hybridized carbons (Fsp3) is 0.143. The van der Waals surface area contributed by atoms with Crippen molar-refractivity contribution in [2.45, 2.75) is 6.54 Å². The average Bonchev–Trinajstić information content (AvgIpc) is 3.06. The first-order valence-electron chi connectivity index (χ1n) is 6.55. The lowest BCUT2D eigenvalue weighted by molar-refractivity contribution is 0.102. The number of nitrogens with zero attached hydrogens (tertiary/aromatic N) is 5. The number of carbonyl (C=O) groups is 1. The minimum Gasteiger partial charge on any atom is -0.288 e. The molecule has 0 unspecified atom stereocenters. The monoisotopic (exact) mass is 316 g/mol. The molecule has 112 valence electrons. The van der Waals surface area contributed by atoms with Gasteiger partial charge in [0.15, 0.2) is 5.69 Å². The molecule has 3 rings (SSSR count).